The summed E-state index contributed by atoms with van der Waals surface area (Å²) in [6.45, 7) is 4.10. The molecule has 0 saturated carbocycles. The minimum atomic E-state index is -0.231. The van der Waals surface area contributed by atoms with Crippen molar-refractivity contribution in [1.29, 1.82) is 0 Å². The molecule has 2 rings (SSSR count). The highest BCUT2D eigenvalue weighted by molar-refractivity contribution is 9.09. The molecule has 1 heterocycles. The molecule has 0 N–H and O–H groups in total. The van der Waals surface area contributed by atoms with Crippen molar-refractivity contribution in [1.82, 2.24) is 4.90 Å². The molecular formula is C17H22BrNO3. The van der Waals surface area contributed by atoms with E-state index in [1.807, 2.05) is 35.2 Å². The molecule has 0 aliphatic carbocycles. The van der Waals surface area contributed by atoms with Gasteiger partial charge in [-0.3, -0.25) is 14.5 Å². The van der Waals surface area contributed by atoms with Gasteiger partial charge in [-0.25, -0.2) is 0 Å². The molecule has 0 spiro atoms. The molecule has 2 atom stereocenters. The van der Waals surface area contributed by atoms with Gasteiger partial charge in [0, 0.05) is 19.0 Å². The van der Waals surface area contributed by atoms with Crippen LogP contribution < -0.4 is 0 Å². The number of alkyl halides is 1. The largest absolute Gasteiger partial charge is 0.460 e. The van der Waals surface area contributed by atoms with Crippen molar-refractivity contribution in [3.63, 3.8) is 0 Å². The lowest BCUT2D eigenvalue weighted by Gasteiger charge is -2.14. The smallest absolute Gasteiger partial charge is 0.320 e. The third kappa shape index (κ3) is 4.65. The van der Waals surface area contributed by atoms with Crippen molar-refractivity contribution in [3.05, 3.63) is 35.9 Å². The number of rotatable bonds is 7. The molecule has 120 valence electrons. The van der Waals surface area contributed by atoms with Crippen LogP contribution in [0.2, 0.25) is 0 Å². The molecule has 1 fully saturated rings. The van der Waals surface area contributed by atoms with Gasteiger partial charge in [0.05, 0.1) is 11.9 Å². The second kappa shape index (κ2) is 8.44. The summed E-state index contributed by atoms with van der Waals surface area (Å²) in [5.74, 6) is 0.371. The summed E-state index contributed by atoms with van der Waals surface area (Å²) in [7, 11) is 0. The van der Waals surface area contributed by atoms with Crippen molar-refractivity contribution in [2.24, 2.45) is 11.8 Å². The van der Waals surface area contributed by atoms with Crippen LogP contribution in [0.3, 0.4) is 0 Å². The van der Waals surface area contributed by atoms with Crippen LogP contribution >= 0.6 is 15.9 Å². The first-order chi connectivity index (χ1) is 10.6. The van der Waals surface area contributed by atoms with Gasteiger partial charge in [0.25, 0.3) is 0 Å². The predicted molar refractivity (Wildman–Crippen MR) is 88.8 cm³/mol. The monoisotopic (exact) mass is 367 g/mol. The minimum Gasteiger partial charge on any atom is -0.460 e. The van der Waals surface area contributed by atoms with Crippen LogP contribution in [-0.4, -0.2) is 41.6 Å². The summed E-state index contributed by atoms with van der Waals surface area (Å²) >= 11 is 3.24. The number of Topliss-reactive ketones (excluding diaryl/α,β-unsaturated/α-hetero) is 1. The third-order valence-corrected chi connectivity index (χ3v) is 4.73. The van der Waals surface area contributed by atoms with E-state index >= 15 is 0 Å². The van der Waals surface area contributed by atoms with Crippen LogP contribution in [0, 0.1) is 11.8 Å². The highest BCUT2D eigenvalue weighted by Gasteiger charge is 2.36. The number of hydrogen-bond donors (Lipinski definition) is 0. The molecular weight excluding hydrogens is 346 g/mol. The number of esters is 1. The minimum absolute atomic E-state index is 0.0336. The zero-order valence-electron chi connectivity index (χ0n) is 12.8. The molecule has 0 aromatic heterocycles. The van der Waals surface area contributed by atoms with Gasteiger partial charge in [0.15, 0.2) is 0 Å². The fourth-order valence-corrected chi connectivity index (χ4v) is 3.35. The molecule has 1 aromatic carbocycles. The van der Waals surface area contributed by atoms with Crippen LogP contribution in [0.5, 0.6) is 0 Å². The average Bonchev–Trinajstić information content (AvgIpc) is 2.96. The van der Waals surface area contributed by atoms with Crippen molar-refractivity contribution in [2.45, 2.75) is 20.0 Å². The van der Waals surface area contributed by atoms with Gasteiger partial charge < -0.3 is 4.74 Å². The first kappa shape index (κ1) is 17.2. The van der Waals surface area contributed by atoms with Gasteiger partial charge in [-0.1, -0.05) is 59.6 Å². The van der Waals surface area contributed by atoms with E-state index in [0.29, 0.717) is 24.4 Å². The molecule has 1 aliphatic heterocycles. The van der Waals surface area contributed by atoms with Crippen LogP contribution in [0.1, 0.15) is 18.9 Å². The molecule has 5 heteroatoms. The summed E-state index contributed by atoms with van der Waals surface area (Å²) in [5.41, 5.74) is 0.982. The molecule has 1 aromatic rings. The number of halogens is 1. The highest BCUT2D eigenvalue weighted by Crippen LogP contribution is 2.27. The van der Waals surface area contributed by atoms with Gasteiger partial charge in [-0.2, -0.15) is 0 Å². The van der Waals surface area contributed by atoms with Crippen LogP contribution in [0.25, 0.3) is 0 Å². The van der Waals surface area contributed by atoms with E-state index in [-0.39, 0.29) is 24.2 Å². The van der Waals surface area contributed by atoms with Crippen molar-refractivity contribution < 1.29 is 14.3 Å². The normalized spacial score (nSPS) is 21.7. The van der Waals surface area contributed by atoms with Gasteiger partial charge in [0.2, 0.25) is 0 Å². The number of likely N-dealkylation sites (tertiary alicyclic amines) is 1. The second-order valence-electron chi connectivity index (χ2n) is 5.72. The Labute approximate surface area is 140 Å². The molecule has 0 amide bonds. The topological polar surface area (TPSA) is 46.6 Å². The fraction of sp³-hybridized carbons (Fsp3) is 0.529. The SMILES string of the molecule is CCC1CN(CC(=O)OCc2ccccc2)C[C@@H]1C(=O)CBr. The first-order valence-corrected chi connectivity index (χ1v) is 8.76. The Bertz CT molecular complexity index is 506. The molecule has 4 nitrogen and oxygen atoms in total. The maximum atomic E-state index is 12.0. The lowest BCUT2D eigenvalue weighted by Crippen LogP contribution is -2.30. The van der Waals surface area contributed by atoms with Crippen LogP contribution in [-0.2, 0) is 20.9 Å². The van der Waals surface area contributed by atoms with Crippen molar-refractivity contribution in [3.8, 4) is 0 Å². The molecule has 1 saturated heterocycles. The quantitative estimate of drug-likeness (QED) is 0.548. The molecule has 1 unspecified atom stereocenters. The second-order valence-corrected chi connectivity index (χ2v) is 6.28. The average molecular weight is 368 g/mol. The van der Waals surface area contributed by atoms with Gasteiger partial charge in [0.1, 0.15) is 12.4 Å². The number of ether oxygens (including phenoxy) is 1. The molecule has 22 heavy (non-hydrogen) atoms. The Hall–Kier alpha value is -1.20. The van der Waals surface area contributed by atoms with Crippen molar-refractivity contribution in [2.75, 3.05) is 25.0 Å². The van der Waals surface area contributed by atoms with E-state index in [1.165, 1.54) is 0 Å². The Kier molecular flexibility index (Phi) is 6.58. The zero-order valence-corrected chi connectivity index (χ0v) is 14.4. The van der Waals surface area contributed by atoms with E-state index in [9.17, 15) is 9.59 Å². The Morgan fingerprint density at radius 2 is 2.00 bits per heavy atom. The van der Waals surface area contributed by atoms with E-state index in [4.69, 9.17) is 4.74 Å². The maximum absolute atomic E-state index is 12.0. The number of carbonyl (C=O) groups is 2. The number of nitrogens with zero attached hydrogens (tertiary/aromatic N) is 1. The predicted octanol–water partition coefficient (Wildman–Crippen LogP) is 2.65. The summed E-state index contributed by atoms with van der Waals surface area (Å²) in [6.07, 6.45) is 0.957. The number of carbonyl (C=O) groups excluding carboxylic acids is 2. The molecule has 1 aliphatic rings. The fourth-order valence-electron chi connectivity index (χ4n) is 2.93. The lowest BCUT2D eigenvalue weighted by atomic mass is 9.91. The lowest BCUT2D eigenvalue weighted by molar-refractivity contribution is -0.146. The van der Waals surface area contributed by atoms with E-state index in [1.54, 1.807) is 0 Å². The number of benzene rings is 1. The first-order valence-electron chi connectivity index (χ1n) is 7.64. The van der Waals surface area contributed by atoms with E-state index < -0.39 is 0 Å². The maximum Gasteiger partial charge on any atom is 0.320 e. The van der Waals surface area contributed by atoms with E-state index in [2.05, 4.69) is 22.9 Å². The summed E-state index contributed by atoms with van der Waals surface area (Å²) < 4.78 is 5.31. The third-order valence-electron chi connectivity index (χ3n) is 4.18. The molecule has 0 radical (unpaired) electrons. The Balaban J connectivity index is 1.81. The number of ketones is 1. The van der Waals surface area contributed by atoms with E-state index in [0.717, 1.165) is 18.5 Å². The van der Waals surface area contributed by atoms with Gasteiger partial charge in [-0.15, -0.1) is 0 Å². The van der Waals surface area contributed by atoms with Gasteiger partial charge in [-0.05, 0) is 11.5 Å². The summed E-state index contributed by atoms with van der Waals surface area (Å²) in [6, 6.07) is 9.64. The van der Waals surface area contributed by atoms with Crippen molar-refractivity contribution >= 4 is 27.7 Å². The Morgan fingerprint density at radius 1 is 1.27 bits per heavy atom. The number of hydrogen-bond acceptors (Lipinski definition) is 4. The van der Waals surface area contributed by atoms with Crippen LogP contribution in [0.15, 0.2) is 30.3 Å². The van der Waals surface area contributed by atoms with Crippen LogP contribution in [0.4, 0.5) is 0 Å². The summed E-state index contributed by atoms with van der Waals surface area (Å²) in [5, 5.41) is 0.389. The Morgan fingerprint density at radius 3 is 2.64 bits per heavy atom. The molecule has 0 bridgehead atoms. The summed E-state index contributed by atoms with van der Waals surface area (Å²) in [4.78, 5) is 25.9. The van der Waals surface area contributed by atoms with Gasteiger partial charge >= 0.3 is 5.97 Å². The highest BCUT2D eigenvalue weighted by atomic mass is 79.9. The zero-order chi connectivity index (χ0) is 15.9. The standard InChI is InChI=1S/C17H22BrNO3/c1-2-14-9-19(10-15(14)16(20)8-18)11-17(21)22-12-13-6-4-3-5-7-13/h3-7,14-15H,2,8-12H2,1H3/t14?,15-/m0/s1.